The van der Waals surface area contributed by atoms with E-state index in [9.17, 15) is 19.7 Å². The number of nitrogens with zero attached hydrogens (tertiary/aromatic N) is 1. The van der Waals surface area contributed by atoms with E-state index in [2.05, 4.69) is 10.6 Å². The van der Waals surface area contributed by atoms with Crippen LogP contribution in [-0.4, -0.2) is 34.6 Å². The number of hydrogen-bond donors (Lipinski definition) is 4. The molecule has 0 radical (unpaired) electrons. The van der Waals surface area contributed by atoms with E-state index in [4.69, 9.17) is 10.8 Å². The molecule has 0 aliphatic rings. The van der Waals surface area contributed by atoms with Crippen LogP contribution in [0.5, 0.6) is 0 Å². The molecule has 0 saturated carbocycles. The number of benzene rings is 1. The van der Waals surface area contributed by atoms with Gasteiger partial charge < -0.3 is 21.5 Å². The SMILES string of the molecule is N[C@@H](CNC(=O)Nc1ccc([N+](=O)[O-])cc1)C(=O)O. The van der Waals surface area contributed by atoms with E-state index >= 15 is 0 Å². The first-order chi connectivity index (χ1) is 8.90. The maximum atomic E-state index is 11.4. The molecule has 1 rings (SSSR count). The van der Waals surface area contributed by atoms with E-state index in [1.165, 1.54) is 24.3 Å². The fraction of sp³-hybridized carbons (Fsp3) is 0.200. The molecule has 0 heterocycles. The summed E-state index contributed by atoms with van der Waals surface area (Å²) in [7, 11) is 0. The fourth-order valence-electron chi connectivity index (χ4n) is 1.13. The Hall–Kier alpha value is -2.68. The van der Waals surface area contributed by atoms with Crippen molar-refractivity contribution >= 4 is 23.4 Å². The van der Waals surface area contributed by atoms with Gasteiger partial charge in [0.25, 0.3) is 5.69 Å². The maximum Gasteiger partial charge on any atom is 0.322 e. The second kappa shape index (κ2) is 6.31. The van der Waals surface area contributed by atoms with E-state index in [0.717, 1.165) is 0 Å². The van der Waals surface area contributed by atoms with E-state index in [-0.39, 0.29) is 12.2 Å². The molecule has 1 aromatic carbocycles. The number of anilines is 1. The summed E-state index contributed by atoms with van der Waals surface area (Å²) in [5, 5.41) is 23.6. The second-order valence-corrected chi connectivity index (χ2v) is 3.58. The molecule has 9 heteroatoms. The van der Waals surface area contributed by atoms with Crippen LogP contribution in [0.4, 0.5) is 16.2 Å². The topological polar surface area (TPSA) is 148 Å². The third kappa shape index (κ3) is 4.60. The predicted molar refractivity (Wildman–Crippen MR) is 65.7 cm³/mol. The van der Waals surface area contributed by atoms with Gasteiger partial charge in [-0.1, -0.05) is 0 Å². The number of urea groups is 1. The first-order valence-corrected chi connectivity index (χ1v) is 5.18. The number of rotatable bonds is 5. The number of non-ortho nitro benzene ring substituents is 1. The fourth-order valence-corrected chi connectivity index (χ4v) is 1.13. The summed E-state index contributed by atoms with van der Waals surface area (Å²) in [6, 6.07) is 3.34. The number of hydrogen-bond acceptors (Lipinski definition) is 5. The maximum absolute atomic E-state index is 11.4. The molecule has 0 aromatic heterocycles. The summed E-state index contributed by atoms with van der Waals surface area (Å²) in [6.07, 6.45) is 0. The molecule has 102 valence electrons. The number of nitro benzene ring substituents is 1. The third-order valence-corrected chi connectivity index (χ3v) is 2.14. The van der Waals surface area contributed by atoms with Crippen LogP contribution in [0.3, 0.4) is 0 Å². The zero-order valence-corrected chi connectivity index (χ0v) is 9.70. The average Bonchev–Trinajstić information content (AvgIpc) is 2.36. The lowest BCUT2D eigenvalue weighted by atomic mass is 10.3. The highest BCUT2D eigenvalue weighted by Gasteiger charge is 2.12. The standard InChI is InChI=1S/C10H12N4O5/c11-8(9(15)16)5-12-10(17)13-6-1-3-7(4-2-6)14(18)19/h1-4,8H,5,11H2,(H,15,16)(H2,12,13,17)/t8-/m0/s1. The van der Waals surface area contributed by atoms with Gasteiger partial charge >= 0.3 is 12.0 Å². The minimum Gasteiger partial charge on any atom is -0.480 e. The molecule has 9 nitrogen and oxygen atoms in total. The Labute approximate surface area is 107 Å². The van der Waals surface area contributed by atoms with E-state index in [0.29, 0.717) is 5.69 Å². The first kappa shape index (κ1) is 14.4. The molecule has 5 N–H and O–H groups in total. The van der Waals surface area contributed by atoms with Gasteiger partial charge in [0.1, 0.15) is 6.04 Å². The van der Waals surface area contributed by atoms with Gasteiger partial charge in [0.05, 0.1) is 4.92 Å². The van der Waals surface area contributed by atoms with Crippen molar-refractivity contribution in [3.05, 3.63) is 34.4 Å². The molecule has 0 aliphatic carbocycles. The van der Waals surface area contributed by atoms with Gasteiger partial charge in [-0.2, -0.15) is 0 Å². The largest absolute Gasteiger partial charge is 0.480 e. The molecular weight excluding hydrogens is 256 g/mol. The number of carboxylic acid groups (broad SMARTS) is 1. The Bertz CT molecular complexity index is 487. The van der Waals surface area contributed by atoms with Gasteiger partial charge in [-0.05, 0) is 12.1 Å². The van der Waals surface area contributed by atoms with Crippen molar-refractivity contribution in [2.45, 2.75) is 6.04 Å². The average molecular weight is 268 g/mol. The summed E-state index contributed by atoms with van der Waals surface area (Å²) in [6.45, 7) is -0.228. The zero-order valence-electron chi connectivity index (χ0n) is 9.70. The molecule has 0 aliphatic heterocycles. The van der Waals surface area contributed by atoms with Crippen LogP contribution in [0.15, 0.2) is 24.3 Å². The number of nitrogens with two attached hydrogens (primary N) is 1. The van der Waals surface area contributed by atoms with Crippen molar-refractivity contribution in [2.24, 2.45) is 5.73 Å². The van der Waals surface area contributed by atoms with Gasteiger partial charge in [-0.3, -0.25) is 14.9 Å². The molecular formula is C10H12N4O5. The molecule has 2 amide bonds. The van der Waals surface area contributed by atoms with Crippen molar-refractivity contribution in [3.63, 3.8) is 0 Å². The lowest BCUT2D eigenvalue weighted by Crippen LogP contribution is -2.43. The Morgan fingerprint density at radius 1 is 1.37 bits per heavy atom. The zero-order chi connectivity index (χ0) is 14.4. The second-order valence-electron chi connectivity index (χ2n) is 3.58. The van der Waals surface area contributed by atoms with Crippen LogP contribution >= 0.6 is 0 Å². The Morgan fingerprint density at radius 2 is 1.95 bits per heavy atom. The first-order valence-electron chi connectivity index (χ1n) is 5.18. The van der Waals surface area contributed by atoms with Crippen molar-refractivity contribution in [2.75, 3.05) is 11.9 Å². The van der Waals surface area contributed by atoms with Gasteiger partial charge in [0.2, 0.25) is 0 Å². The van der Waals surface area contributed by atoms with Crippen LogP contribution in [0.25, 0.3) is 0 Å². The van der Waals surface area contributed by atoms with Crippen LogP contribution in [0.1, 0.15) is 0 Å². The quantitative estimate of drug-likeness (QED) is 0.440. The van der Waals surface area contributed by atoms with E-state index < -0.39 is 23.0 Å². The summed E-state index contributed by atoms with van der Waals surface area (Å²) >= 11 is 0. The summed E-state index contributed by atoms with van der Waals surface area (Å²) in [4.78, 5) is 31.6. The van der Waals surface area contributed by atoms with Gasteiger partial charge in [0.15, 0.2) is 0 Å². The third-order valence-electron chi connectivity index (χ3n) is 2.14. The van der Waals surface area contributed by atoms with Gasteiger partial charge in [0, 0.05) is 24.4 Å². The smallest absolute Gasteiger partial charge is 0.322 e. The highest BCUT2D eigenvalue weighted by Crippen LogP contribution is 2.14. The van der Waals surface area contributed by atoms with Crippen molar-refractivity contribution in [1.82, 2.24) is 5.32 Å². The molecule has 19 heavy (non-hydrogen) atoms. The number of amides is 2. The van der Waals surface area contributed by atoms with Crippen LogP contribution in [-0.2, 0) is 4.79 Å². The lowest BCUT2D eigenvalue weighted by molar-refractivity contribution is -0.384. The van der Waals surface area contributed by atoms with E-state index in [1.807, 2.05) is 0 Å². The van der Waals surface area contributed by atoms with Crippen LogP contribution in [0.2, 0.25) is 0 Å². The summed E-state index contributed by atoms with van der Waals surface area (Å²) in [5.74, 6) is -1.23. The number of aliphatic carboxylic acids is 1. The Balaban J connectivity index is 2.48. The van der Waals surface area contributed by atoms with E-state index in [1.54, 1.807) is 0 Å². The number of nitro groups is 1. The highest BCUT2D eigenvalue weighted by atomic mass is 16.6. The Kier molecular flexibility index (Phi) is 4.77. The number of carboxylic acids is 1. The van der Waals surface area contributed by atoms with Crippen molar-refractivity contribution in [3.8, 4) is 0 Å². The minimum absolute atomic E-state index is 0.0983. The van der Waals surface area contributed by atoms with Crippen molar-refractivity contribution < 1.29 is 19.6 Å². The van der Waals surface area contributed by atoms with Crippen LogP contribution < -0.4 is 16.4 Å². The number of carbonyl (C=O) groups is 2. The molecule has 1 aromatic rings. The minimum atomic E-state index is -1.23. The lowest BCUT2D eigenvalue weighted by Gasteiger charge is -2.09. The van der Waals surface area contributed by atoms with Gasteiger partial charge in [-0.15, -0.1) is 0 Å². The summed E-state index contributed by atoms with van der Waals surface area (Å²) < 4.78 is 0. The number of carbonyl (C=O) groups excluding carboxylic acids is 1. The Morgan fingerprint density at radius 3 is 2.42 bits per heavy atom. The normalized spacial score (nSPS) is 11.4. The molecule has 0 bridgehead atoms. The highest BCUT2D eigenvalue weighted by molar-refractivity contribution is 5.89. The molecule has 0 saturated heterocycles. The molecule has 0 spiro atoms. The number of nitrogens with one attached hydrogen (secondary N) is 2. The summed E-state index contributed by atoms with van der Waals surface area (Å²) in [5.41, 5.74) is 5.44. The molecule has 0 unspecified atom stereocenters. The van der Waals surface area contributed by atoms with Crippen molar-refractivity contribution in [1.29, 1.82) is 0 Å². The molecule has 1 atom stereocenters. The monoisotopic (exact) mass is 268 g/mol. The van der Waals surface area contributed by atoms with Gasteiger partial charge in [-0.25, -0.2) is 4.79 Å². The predicted octanol–water partition coefficient (Wildman–Crippen LogP) is 0.128. The van der Waals surface area contributed by atoms with Crippen LogP contribution in [0, 0.1) is 10.1 Å². The molecule has 0 fully saturated rings.